The van der Waals surface area contributed by atoms with Gasteiger partial charge in [0.2, 0.25) is 0 Å². The van der Waals surface area contributed by atoms with Gasteiger partial charge in [0.25, 0.3) is 0 Å². The summed E-state index contributed by atoms with van der Waals surface area (Å²) in [5.74, 6) is 2.91. The summed E-state index contributed by atoms with van der Waals surface area (Å²) in [6.45, 7) is 15.5. The standard InChI is InChI=1S/C31H39N5O4/c1-21-17-22(11-12-26(21)39-24-10-8-9-23(18-24)38-19-30(2,3)4)35-28-27-25(33-20-34-28)13-15-36(27)16-14-32-29(37)40-31(5,6)7/h8-13,15,17-18,20H,14,16,19H2,1-7H3,(H,32,37)(H,33,34,35). The largest absolute Gasteiger partial charge is 0.493 e. The Bertz CT molecular complexity index is 1470. The molecular formula is C31H39N5O4. The minimum Gasteiger partial charge on any atom is -0.493 e. The predicted molar refractivity (Wildman–Crippen MR) is 158 cm³/mol. The van der Waals surface area contributed by atoms with Crippen LogP contribution in [-0.4, -0.2) is 39.4 Å². The molecule has 0 saturated carbocycles. The molecule has 2 aromatic heterocycles. The Morgan fingerprint density at radius 2 is 1.75 bits per heavy atom. The number of anilines is 2. The lowest BCUT2D eigenvalue weighted by Gasteiger charge is -2.19. The van der Waals surface area contributed by atoms with Gasteiger partial charge >= 0.3 is 6.09 Å². The number of alkyl carbamates (subject to hydrolysis) is 1. The number of amides is 1. The second-order valence-corrected chi connectivity index (χ2v) is 11.9. The van der Waals surface area contributed by atoms with Crippen molar-refractivity contribution in [3.05, 3.63) is 66.6 Å². The molecule has 4 rings (SSSR count). The van der Waals surface area contributed by atoms with Crippen molar-refractivity contribution in [2.24, 2.45) is 5.41 Å². The Kier molecular flexibility index (Phi) is 8.52. The summed E-state index contributed by atoms with van der Waals surface area (Å²) in [4.78, 5) is 20.9. The van der Waals surface area contributed by atoms with E-state index in [-0.39, 0.29) is 5.41 Å². The third-order valence-electron chi connectivity index (χ3n) is 5.71. The maximum atomic E-state index is 12.0. The van der Waals surface area contributed by atoms with Gasteiger partial charge < -0.3 is 29.4 Å². The summed E-state index contributed by atoms with van der Waals surface area (Å²) < 4.78 is 19.4. The molecule has 0 spiro atoms. The maximum absolute atomic E-state index is 12.0. The van der Waals surface area contributed by atoms with Crippen molar-refractivity contribution in [2.75, 3.05) is 18.5 Å². The van der Waals surface area contributed by atoms with Crippen molar-refractivity contribution >= 4 is 28.6 Å². The van der Waals surface area contributed by atoms with E-state index in [1.165, 1.54) is 6.33 Å². The van der Waals surface area contributed by atoms with Gasteiger partial charge in [0.15, 0.2) is 5.82 Å². The van der Waals surface area contributed by atoms with Crippen molar-refractivity contribution in [3.63, 3.8) is 0 Å². The normalized spacial score (nSPS) is 11.8. The molecule has 9 nitrogen and oxygen atoms in total. The number of aryl methyl sites for hydroxylation is 1. The SMILES string of the molecule is Cc1cc(Nc2ncnc3ccn(CCNC(=O)OC(C)(C)C)c23)ccc1Oc1cccc(OCC(C)(C)C)c1. The number of rotatable bonds is 9. The molecule has 0 bridgehead atoms. The minimum atomic E-state index is -0.543. The molecule has 1 amide bonds. The maximum Gasteiger partial charge on any atom is 0.407 e. The van der Waals surface area contributed by atoms with Crippen LogP contribution in [0.5, 0.6) is 17.2 Å². The van der Waals surface area contributed by atoms with Gasteiger partial charge in [0, 0.05) is 31.0 Å². The van der Waals surface area contributed by atoms with Crippen LogP contribution in [0, 0.1) is 12.3 Å². The number of carbonyl (C=O) groups excluding carboxylic acids is 1. The molecule has 9 heteroatoms. The summed E-state index contributed by atoms with van der Waals surface area (Å²) in [5.41, 5.74) is 3.02. The lowest BCUT2D eigenvalue weighted by molar-refractivity contribution is 0.0526. The topological polar surface area (TPSA) is 99.5 Å². The number of fused-ring (bicyclic) bond motifs is 1. The van der Waals surface area contributed by atoms with E-state index in [1.54, 1.807) is 0 Å². The van der Waals surface area contributed by atoms with E-state index < -0.39 is 11.7 Å². The van der Waals surface area contributed by atoms with E-state index in [1.807, 2.05) is 87.0 Å². The zero-order chi connectivity index (χ0) is 28.9. The smallest absolute Gasteiger partial charge is 0.407 e. The highest BCUT2D eigenvalue weighted by atomic mass is 16.6. The van der Waals surface area contributed by atoms with Crippen LogP contribution >= 0.6 is 0 Å². The summed E-state index contributed by atoms with van der Waals surface area (Å²) >= 11 is 0. The van der Waals surface area contributed by atoms with Gasteiger partial charge in [0.05, 0.1) is 12.1 Å². The number of hydrogen-bond donors (Lipinski definition) is 2. The fourth-order valence-electron chi connectivity index (χ4n) is 3.94. The zero-order valence-corrected chi connectivity index (χ0v) is 24.4. The highest BCUT2D eigenvalue weighted by Crippen LogP contribution is 2.31. The van der Waals surface area contributed by atoms with Crippen molar-refractivity contribution in [2.45, 2.75) is 60.6 Å². The van der Waals surface area contributed by atoms with E-state index in [0.29, 0.717) is 31.3 Å². The average molecular weight is 546 g/mol. The highest BCUT2D eigenvalue weighted by Gasteiger charge is 2.16. The van der Waals surface area contributed by atoms with Crippen LogP contribution in [0.15, 0.2) is 61.1 Å². The van der Waals surface area contributed by atoms with Crippen molar-refractivity contribution < 1.29 is 19.0 Å². The fourth-order valence-corrected chi connectivity index (χ4v) is 3.94. The second kappa shape index (κ2) is 11.9. The molecule has 0 aliphatic heterocycles. The third kappa shape index (κ3) is 8.11. The van der Waals surface area contributed by atoms with E-state index in [0.717, 1.165) is 33.8 Å². The number of carbonyl (C=O) groups is 1. The first-order chi connectivity index (χ1) is 18.9. The van der Waals surface area contributed by atoms with Crippen LogP contribution in [0.3, 0.4) is 0 Å². The van der Waals surface area contributed by atoms with E-state index in [4.69, 9.17) is 14.2 Å². The molecule has 2 heterocycles. The van der Waals surface area contributed by atoms with Gasteiger partial charge in [-0.05, 0) is 75.1 Å². The molecule has 2 aromatic carbocycles. The molecule has 0 aliphatic carbocycles. The van der Waals surface area contributed by atoms with Crippen LogP contribution in [0.25, 0.3) is 11.0 Å². The first-order valence-electron chi connectivity index (χ1n) is 13.4. The molecule has 212 valence electrons. The second-order valence-electron chi connectivity index (χ2n) is 11.9. The van der Waals surface area contributed by atoms with Crippen LogP contribution in [-0.2, 0) is 11.3 Å². The molecule has 2 N–H and O–H groups in total. The molecule has 0 saturated heterocycles. The number of hydrogen-bond acceptors (Lipinski definition) is 7. The number of ether oxygens (including phenoxy) is 3. The first-order valence-corrected chi connectivity index (χ1v) is 13.4. The van der Waals surface area contributed by atoms with Crippen LogP contribution in [0.2, 0.25) is 0 Å². The van der Waals surface area contributed by atoms with Crippen molar-refractivity contribution in [1.82, 2.24) is 19.9 Å². The lowest BCUT2D eigenvalue weighted by Crippen LogP contribution is -2.34. The third-order valence-corrected chi connectivity index (χ3v) is 5.71. The van der Waals surface area contributed by atoms with Gasteiger partial charge in [-0.2, -0.15) is 0 Å². The predicted octanol–water partition coefficient (Wildman–Crippen LogP) is 7.23. The van der Waals surface area contributed by atoms with Crippen LogP contribution in [0.1, 0.15) is 47.1 Å². The van der Waals surface area contributed by atoms with Crippen molar-refractivity contribution in [3.8, 4) is 17.2 Å². The zero-order valence-electron chi connectivity index (χ0n) is 24.4. The Morgan fingerprint density at radius 3 is 2.48 bits per heavy atom. The molecule has 0 aliphatic rings. The van der Waals surface area contributed by atoms with Crippen LogP contribution < -0.4 is 20.1 Å². The number of aromatic nitrogens is 3. The monoisotopic (exact) mass is 545 g/mol. The first kappa shape index (κ1) is 28.7. The summed E-state index contributed by atoms with van der Waals surface area (Å²) in [7, 11) is 0. The number of benzene rings is 2. The lowest BCUT2D eigenvalue weighted by atomic mass is 9.99. The molecular weight excluding hydrogens is 506 g/mol. The Morgan fingerprint density at radius 1 is 0.975 bits per heavy atom. The molecule has 40 heavy (non-hydrogen) atoms. The molecule has 4 aromatic rings. The van der Waals surface area contributed by atoms with Gasteiger partial charge in [-0.25, -0.2) is 14.8 Å². The highest BCUT2D eigenvalue weighted by molar-refractivity contribution is 5.88. The number of nitrogens with one attached hydrogen (secondary N) is 2. The summed E-state index contributed by atoms with van der Waals surface area (Å²) in [6, 6.07) is 15.5. The van der Waals surface area contributed by atoms with E-state index in [2.05, 4.69) is 41.4 Å². The molecule has 0 unspecified atom stereocenters. The van der Waals surface area contributed by atoms with Gasteiger partial charge in [0.1, 0.15) is 34.7 Å². The number of nitrogens with zero attached hydrogens (tertiary/aromatic N) is 3. The van der Waals surface area contributed by atoms with Crippen molar-refractivity contribution in [1.29, 1.82) is 0 Å². The Labute approximate surface area is 235 Å². The fraction of sp³-hybridized carbons (Fsp3) is 0.387. The van der Waals surface area contributed by atoms with Gasteiger partial charge in [-0.15, -0.1) is 0 Å². The summed E-state index contributed by atoms with van der Waals surface area (Å²) in [5, 5.41) is 6.21. The van der Waals surface area contributed by atoms with E-state index in [9.17, 15) is 4.79 Å². The quantitative estimate of drug-likeness (QED) is 0.229. The minimum absolute atomic E-state index is 0.0736. The van der Waals surface area contributed by atoms with Crippen LogP contribution in [0.4, 0.5) is 16.3 Å². The van der Waals surface area contributed by atoms with Gasteiger partial charge in [-0.3, -0.25) is 0 Å². The summed E-state index contributed by atoms with van der Waals surface area (Å²) in [6.07, 6.45) is 3.02. The van der Waals surface area contributed by atoms with E-state index >= 15 is 0 Å². The Hall–Kier alpha value is -4.27. The Balaban J connectivity index is 1.44. The molecule has 0 atom stereocenters. The average Bonchev–Trinajstić information content (AvgIpc) is 3.27. The van der Waals surface area contributed by atoms with Gasteiger partial charge in [-0.1, -0.05) is 26.8 Å². The molecule has 0 fully saturated rings. The molecule has 0 radical (unpaired) electrons.